The first-order valence-electron chi connectivity index (χ1n) is 6.15. The minimum atomic E-state index is 0.866. The monoisotopic (exact) mass is 311 g/mol. The summed E-state index contributed by atoms with van der Waals surface area (Å²) in [4.78, 5) is 0. The summed E-state index contributed by atoms with van der Waals surface area (Å²) in [6, 6.07) is 0. The van der Waals surface area contributed by atoms with Crippen LogP contribution >= 0.6 is 22.6 Å². The van der Waals surface area contributed by atoms with Crippen molar-refractivity contribution in [3.8, 4) is 0 Å². The number of rotatable bonds is 10. The maximum Gasteiger partial charge on any atom is 0.0110 e. The summed E-state index contributed by atoms with van der Waals surface area (Å²) in [5.74, 6) is 0. The van der Waals surface area contributed by atoms with Crippen LogP contribution in [0.4, 0.5) is 0 Å². The van der Waals surface area contributed by atoms with E-state index in [0.717, 1.165) is 10.5 Å². The third-order valence-electron chi connectivity index (χ3n) is 2.59. The topological polar surface area (TPSA) is 26.0 Å². The minimum absolute atomic E-state index is 0.866. The molecular formula is C12H26IN. The summed E-state index contributed by atoms with van der Waals surface area (Å²) in [5.41, 5.74) is 5.45. The Morgan fingerprint density at radius 1 is 0.929 bits per heavy atom. The Balaban J connectivity index is 3.02. The van der Waals surface area contributed by atoms with Gasteiger partial charge in [0.1, 0.15) is 0 Å². The van der Waals surface area contributed by atoms with Crippen molar-refractivity contribution in [1.29, 1.82) is 0 Å². The van der Waals surface area contributed by atoms with Crippen LogP contribution in [0.1, 0.15) is 64.7 Å². The second-order valence-corrected chi connectivity index (χ2v) is 5.85. The lowest BCUT2D eigenvalue weighted by atomic mass is 10.1. The normalized spacial score (nSPS) is 13.1. The lowest BCUT2D eigenvalue weighted by Gasteiger charge is -2.08. The van der Waals surface area contributed by atoms with Gasteiger partial charge in [0, 0.05) is 3.92 Å². The molecule has 0 aliphatic carbocycles. The van der Waals surface area contributed by atoms with Gasteiger partial charge in [-0.25, -0.2) is 0 Å². The molecule has 14 heavy (non-hydrogen) atoms. The fourth-order valence-corrected chi connectivity index (χ4v) is 2.49. The summed E-state index contributed by atoms with van der Waals surface area (Å²) in [5, 5.41) is 0. The van der Waals surface area contributed by atoms with E-state index in [1.807, 2.05) is 0 Å². The molecule has 0 heterocycles. The van der Waals surface area contributed by atoms with Gasteiger partial charge in [0.05, 0.1) is 0 Å². The molecule has 0 saturated carbocycles. The number of alkyl halides is 1. The summed E-state index contributed by atoms with van der Waals surface area (Å²) in [6.07, 6.45) is 12.3. The minimum Gasteiger partial charge on any atom is -0.330 e. The number of hydrogen-bond acceptors (Lipinski definition) is 1. The van der Waals surface area contributed by atoms with Crippen LogP contribution in [-0.4, -0.2) is 10.5 Å². The van der Waals surface area contributed by atoms with Gasteiger partial charge in [-0.05, 0) is 25.8 Å². The molecule has 1 unspecified atom stereocenters. The van der Waals surface area contributed by atoms with Crippen LogP contribution in [0.5, 0.6) is 0 Å². The Kier molecular flexibility index (Phi) is 12.3. The van der Waals surface area contributed by atoms with E-state index >= 15 is 0 Å². The molecule has 2 heteroatoms. The molecule has 1 atom stereocenters. The number of halogens is 1. The van der Waals surface area contributed by atoms with E-state index < -0.39 is 0 Å². The molecule has 0 aromatic carbocycles. The second-order valence-electron chi connectivity index (χ2n) is 4.08. The third-order valence-corrected chi connectivity index (χ3v) is 3.84. The van der Waals surface area contributed by atoms with Gasteiger partial charge in [-0.15, -0.1) is 0 Å². The SMILES string of the molecule is CCCCC(I)CCCCCCCN. The zero-order chi connectivity index (χ0) is 10.6. The first kappa shape index (κ1) is 14.7. The smallest absolute Gasteiger partial charge is 0.0110 e. The van der Waals surface area contributed by atoms with Crippen LogP contribution in [-0.2, 0) is 0 Å². The molecule has 1 nitrogen and oxygen atoms in total. The van der Waals surface area contributed by atoms with Crippen LogP contribution in [0.2, 0.25) is 0 Å². The highest BCUT2D eigenvalue weighted by Crippen LogP contribution is 2.18. The van der Waals surface area contributed by atoms with Crippen molar-refractivity contribution < 1.29 is 0 Å². The Morgan fingerprint density at radius 3 is 2.14 bits per heavy atom. The Hall–Kier alpha value is 0.690. The van der Waals surface area contributed by atoms with E-state index in [4.69, 9.17) is 5.73 Å². The van der Waals surface area contributed by atoms with E-state index in [0.29, 0.717) is 0 Å². The van der Waals surface area contributed by atoms with Crippen LogP contribution in [0, 0.1) is 0 Å². The molecule has 0 aliphatic rings. The zero-order valence-corrected chi connectivity index (χ0v) is 11.8. The van der Waals surface area contributed by atoms with Crippen molar-refractivity contribution in [2.45, 2.75) is 68.6 Å². The van der Waals surface area contributed by atoms with Crippen LogP contribution in [0.25, 0.3) is 0 Å². The van der Waals surface area contributed by atoms with Crippen LogP contribution in [0.3, 0.4) is 0 Å². The molecule has 0 saturated heterocycles. The van der Waals surface area contributed by atoms with E-state index in [1.54, 1.807) is 0 Å². The van der Waals surface area contributed by atoms with E-state index in [1.165, 1.54) is 57.8 Å². The number of nitrogens with two attached hydrogens (primary N) is 1. The van der Waals surface area contributed by atoms with Gasteiger partial charge in [-0.1, -0.05) is 68.0 Å². The van der Waals surface area contributed by atoms with E-state index in [9.17, 15) is 0 Å². The first-order chi connectivity index (χ1) is 6.81. The average molecular weight is 311 g/mol. The molecule has 0 spiro atoms. The zero-order valence-electron chi connectivity index (χ0n) is 9.60. The number of unbranched alkanes of at least 4 members (excludes halogenated alkanes) is 5. The van der Waals surface area contributed by atoms with Gasteiger partial charge in [-0.3, -0.25) is 0 Å². The largest absolute Gasteiger partial charge is 0.330 e. The molecule has 0 aliphatic heterocycles. The molecule has 0 bridgehead atoms. The molecule has 0 rings (SSSR count). The predicted molar refractivity (Wildman–Crippen MR) is 74.1 cm³/mol. The van der Waals surface area contributed by atoms with Crippen molar-refractivity contribution in [2.75, 3.05) is 6.54 Å². The summed E-state index contributed by atoms with van der Waals surface area (Å²) < 4.78 is 0.919. The Bertz CT molecular complexity index is 106. The van der Waals surface area contributed by atoms with Gasteiger partial charge < -0.3 is 5.73 Å². The van der Waals surface area contributed by atoms with Crippen molar-refractivity contribution in [3.05, 3.63) is 0 Å². The summed E-state index contributed by atoms with van der Waals surface area (Å²) in [6.45, 7) is 3.14. The highest BCUT2D eigenvalue weighted by molar-refractivity contribution is 14.1. The Labute approximate surface area is 103 Å². The lowest BCUT2D eigenvalue weighted by Crippen LogP contribution is -1.99. The van der Waals surface area contributed by atoms with Gasteiger partial charge in [0.15, 0.2) is 0 Å². The average Bonchev–Trinajstić information content (AvgIpc) is 2.20. The first-order valence-corrected chi connectivity index (χ1v) is 7.40. The summed E-state index contributed by atoms with van der Waals surface area (Å²) in [7, 11) is 0. The molecule has 0 radical (unpaired) electrons. The highest BCUT2D eigenvalue weighted by Gasteiger charge is 2.02. The van der Waals surface area contributed by atoms with Crippen molar-refractivity contribution in [3.63, 3.8) is 0 Å². The predicted octanol–water partition coefficient (Wildman–Crippen LogP) is 4.28. The summed E-state index contributed by atoms with van der Waals surface area (Å²) >= 11 is 2.61. The molecule has 0 aromatic heterocycles. The highest BCUT2D eigenvalue weighted by atomic mass is 127. The van der Waals surface area contributed by atoms with E-state index in [-0.39, 0.29) is 0 Å². The molecule has 0 fully saturated rings. The van der Waals surface area contributed by atoms with Crippen molar-refractivity contribution in [2.24, 2.45) is 5.73 Å². The van der Waals surface area contributed by atoms with Crippen molar-refractivity contribution >= 4 is 22.6 Å². The fourth-order valence-electron chi connectivity index (χ4n) is 1.61. The standard InChI is InChI=1S/C12H26IN/c1-2-3-9-12(13)10-7-5-4-6-8-11-14/h12H,2-11,14H2,1H3. The third kappa shape index (κ3) is 10.8. The second kappa shape index (κ2) is 11.8. The van der Waals surface area contributed by atoms with Gasteiger partial charge in [-0.2, -0.15) is 0 Å². The molecule has 2 N–H and O–H groups in total. The van der Waals surface area contributed by atoms with Crippen LogP contribution in [0.15, 0.2) is 0 Å². The molecule has 0 amide bonds. The van der Waals surface area contributed by atoms with Gasteiger partial charge in [0.25, 0.3) is 0 Å². The lowest BCUT2D eigenvalue weighted by molar-refractivity contribution is 0.574. The maximum atomic E-state index is 5.45. The van der Waals surface area contributed by atoms with Crippen LogP contribution < -0.4 is 5.73 Å². The molecular weight excluding hydrogens is 285 g/mol. The molecule has 0 aromatic rings. The maximum absolute atomic E-state index is 5.45. The number of hydrogen-bond donors (Lipinski definition) is 1. The van der Waals surface area contributed by atoms with E-state index in [2.05, 4.69) is 29.5 Å². The van der Waals surface area contributed by atoms with Gasteiger partial charge in [0.2, 0.25) is 0 Å². The van der Waals surface area contributed by atoms with Gasteiger partial charge >= 0.3 is 0 Å². The fraction of sp³-hybridized carbons (Fsp3) is 1.00. The van der Waals surface area contributed by atoms with Crippen molar-refractivity contribution in [1.82, 2.24) is 0 Å². The Morgan fingerprint density at radius 2 is 1.50 bits per heavy atom. The molecule has 86 valence electrons. The quantitative estimate of drug-likeness (QED) is 0.364.